The number of hydrogen-bond acceptors (Lipinski definition) is 6. The number of piperidine rings is 1. The van der Waals surface area contributed by atoms with Gasteiger partial charge in [-0.15, -0.1) is 4.28 Å². The molecule has 1 spiro atoms. The Morgan fingerprint density at radius 1 is 1.18 bits per heavy atom. The molecule has 2 bridgehead atoms. The lowest BCUT2D eigenvalue weighted by Crippen LogP contribution is -2.56. The van der Waals surface area contributed by atoms with Gasteiger partial charge in [-0.1, -0.05) is 18.2 Å². The molecule has 4 amide bonds. The van der Waals surface area contributed by atoms with Gasteiger partial charge in [0.1, 0.15) is 6.04 Å². The molecule has 2 heterocycles. The molecule has 1 aromatic rings. The first kappa shape index (κ1) is 18.7. The standard InChI is InChI=1S/C16H18N4O7S/c21-13(10-4-2-1-3-5-10)17-18-14(22)11-8-16(6-7-16)12-9-19(11)15(23)20(12)27-28(24,25)26/h1-5,11-12H,6-9H2,(H,17,21)(H,18,22)(H,24,25,26). The number of benzene rings is 1. The van der Waals surface area contributed by atoms with Crippen molar-refractivity contribution in [2.45, 2.75) is 31.3 Å². The number of hydroxylamine groups is 2. The fourth-order valence-corrected chi connectivity index (χ4v) is 4.28. The van der Waals surface area contributed by atoms with Gasteiger partial charge >= 0.3 is 16.4 Å². The first-order valence-corrected chi connectivity index (χ1v) is 9.99. The highest BCUT2D eigenvalue weighted by Gasteiger charge is 2.65. The Kier molecular flexibility index (Phi) is 4.28. The molecular weight excluding hydrogens is 392 g/mol. The van der Waals surface area contributed by atoms with Crippen LogP contribution in [-0.4, -0.2) is 59.4 Å². The molecule has 0 aromatic heterocycles. The second-order valence-corrected chi connectivity index (χ2v) is 8.18. The predicted molar refractivity (Wildman–Crippen MR) is 92.5 cm³/mol. The van der Waals surface area contributed by atoms with E-state index in [1.54, 1.807) is 30.3 Å². The SMILES string of the molecule is O=C(NNC(=O)C1CC2(CC2)C2CN1C(=O)N2OS(=O)(=O)O)c1ccccc1. The Bertz CT molecular complexity index is 932. The maximum absolute atomic E-state index is 12.6. The van der Waals surface area contributed by atoms with Gasteiger partial charge in [0.05, 0.1) is 6.04 Å². The van der Waals surface area contributed by atoms with E-state index in [0.29, 0.717) is 29.9 Å². The van der Waals surface area contributed by atoms with Crippen LogP contribution in [0, 0.1) is 5.41 Å². The van der Waals surface area contributed by atoms with Crippen LogP contribution < -0.4 is 10.9 Å². The van der Waals surface area contributed by atoms with Crippen LogP contribution in [0.2, 0.25) is 0 Å². The smallest absolute Gasteiger partial charge is 0.309 e. The normalized spacial score (nSPS) is 25.0. The third-order valence-corrected chi connectivity index (χ3v) is 5.82. The molecule has 0 radical (unpaired) electrons. The predicted octanol–water partition coefficient (Wildman–Crippen LogP) is -0.159. The highest BCUT2D eigenvalue weighted by atomic mass is 32.3. The Hall–Kier alpha value is -2.70. The number of rotatable bonds is 4. The summed E-state index contributed by atoms with van der Waals surface area (Å²) in [5.41, 5.74) is 4.54. The monoisotopic (exact) mass is 410 g/mol. The summed E-state index contributed by atoms with van der Waals surface area (Å²) in [6, 6.07) is 6.01. The van der Waals surface area contributed by atoms with E-state index in [1.165, 1.54) is 4.90 Å². The van der Waals surface area contributed by atoms with Crippen molar-refractivity contribution in [1.29, 1.82) is 0 Å². The first-order valence-electron chi connectivity index (χ1n) is 8.62. The maximum atomic E-state index is 12.6. The van der Waals surface area contributed by atoms with E-state index >= 15 is 0 Å². The number of nitrogens with zero attached hydrogens (tertiary/aromatic N) is 2. The fourth-order valence-electron chi connectivity index (χ4n) is 3.91. The van der Waals surface area contributed by atoms with E-state index < -0.39 is 45.7 Å². The number of carbonyl (C=O) groups excluding carboxylic acids is 3. The van der Waals surface area contributed by atoms with E-state index in [4.69, 9.17) is 4.55 Å². The average Bonchev–Trinajstić information content (AvgIpc) is 3.37. The molecule has 150 valence electrons. The van der Waals surface area contributed by atoms with E-state index in [0.717, 1.165) is 0 Å². The number of amides is 4. The van der Waals surface area contributed by atoms with Crippen molar-refractivity contribution in [3.8, 4) is 0 Å². The van der Waals surface area contributed by atoms with Crippen molar-refractivity contribution in [2.75, 3.05) is 6.54 Å². The first-order chi connectivity index (χ1) is 13.2. The Morgan fingerprint density at radius 2 is 1.86 bits per heavy atom. The second kappa shape index (κ2) is 6.43. The molecule has 3 fully saturated rings. The van der Waals surface area contributed by atoms with Crippen molar-refractivity contribution < 1.29 is 31.6 Å². The molecule has 1 aliphatic carbocycles. The summed E-state index contributed by atoms with van der Waals surface area (Å²) in [5, 5.41) is 0.637. The molecule has 3 N–H and O–H groups in total. The van der Waals surface area contributed by atoms with Gasteiger partial charge in [0.15, 0.2) is 0 Å². The van der Waals surface area contributed by atoms with E-state index in [-0.39, 0.29) is 6.54 Å². The number of hydrogen-bond donors (Lipinski definition) is 3. The number of fused-ring (bicyclic) bond motifs is 3. The lowest BCUT2D eigenvalue weighted by atomic mass is 9.85. The van der Waals surface area contributed by atoms with Crippen molar-refractivity contribution in [1.82, 2.24) is 20.8 Å². The van der Waals surface area contributed by atoms with E-state index in [9.17, 15) is 22.8 Å². The maximum Gasteiger partial charge on any atom is 0.418 e. The third-order valence-electron chi connectivity index (χ3n) is 5.47. The quantitative estimate of drug-likeness (QED) is 0.462. The van der Waals surface area contributed by atoms with Crippen LogP contribution in [0.15, 0.2) is 30.3 Å². The lowest BCUT2D eigenvalue weighted by molar-refractivity contribution is -0.128. The van der Waals surface area contributed by atoms with Crippen molar-refractivity contribution >= 4 is 28.2 Å². The molecule has 3 aliphatic rings. The highest BCUT2D eigenvalue weighted by molar-refractivity contribution is 7.80. The molecule has 1 saturated carbocycles. The summed E-state index contributed by atoms with van der Waals surface area (Å²) in [6.45, 7) is 0.0963. The van der Waals surface area contributed by atoms with Gasteiger partial charge in [0, 0.05) is 12.1 Å². The molecule has 11 nitrogen and oxygen atoms in total. The number of carbonyl (C=O) groups is 3. The van der Waals surface area contributed by atoms with Crippen LogP contribution in [-0.2, 0) is 19.5 Å². The fraction of sp³-hybridized carbons (Fsp3) is 0.438. The summed E-state index contributed by atoms with van der Waals surface area (Å²) >= 11 is 0. The molecule has 28 heavy (non-hydrogen) atoms. The van der Waals surface area contributed by atoms with Gasteiger partial charge in [-0.2, -0.15) is 13.5 Å². The zero-order valence-corrected chi connectivity index (χ0v) is 15.4. The molecular formula is C16H18N4O7S. The largest absolute Gasteiger partial charge is 0.418 e. The summed E-state index contributed by atoms with van der Waals surface area (Å²) in [5.74, 6) is -1.09. The lowest BCUT2D eigenvalue weighted by Gasteiger charge is -2.35. The topological polar surface area (TPSA) is 145 Å². The summed E-state index contributed by atoms with van der Waals surface area (Å²) in [4.78, 5) is 38.4. The molecule has 12 heteroatoms. The molecule has 2 unspecified atom stereocenters. The molecule has 4 rings (SSSR count). The molecule has 2 atom stereocenters. The van der Waals surface area contributed by atoms with Crippen LogP contribution in [0.25, 0.3) is 0 Å². The zero-order chi connectivity index (χ0) is 20.1. The van der Waals surface area contributed by atoms with Crippen LogP contribution in [0.5, 0.6) is 0 Å². The van der Waals surface area contributed by atoms with Gasteiger partial charge < -0.3 is 4.90 Å². The van der Waals surface area contributed by atoms with Gasteiger partial charge in [0.25, 0.3) is 11.8 Å². The minimum atomic E-state index is -4.87. The van der Waals surface area contributed by atoms with Crippen molar-refractivity contribution in [2.24, 2.45) is 5.41 Å². The van der Waals surface area contributed by atoms with Crippen LogP contribution in [0.3, 0.4) is 0 Å². The number of hydrazine groups is 1. The Morgan fingerprint density at radius 3 is 2.46 bits per heavy atom. The van der Waals surface area contributed by atoms with Crippen molar-refractivity contribution in [3.05, 3.63) is 35.9 Å². The van der Waals surface area contributed by atoms with Crippen LogP contribution >= 0.6 is 0 Å². The Labute approximate surface area is 160 Å². The number of nitrogens with one attached hydrogen (secondary N) is 2. The number of urea groups is 1. The summed E-state index contributed by atoms with van der Waals surface area (Å²) in [7, 11) is -4.87. The van der Waals surface area contributed by atoms with Crippen LogP contribution in [0.1, 0.15) is 29.6 Å². The molecule has 2 saturated heterocycles. The summed E-state index contributed by atoms with van der Waals surface area (Å²) < 4.78 is 35.5. The van der Waals surface area contributed by atoms with E-state index in [1.807, 2.05) is 0 Å². The third kappa shape index (κ3) is 3.30. The molecule has 2 aliphatic heterocycles. The minimum Gasteiger partial charge on any atom is -0.309 e. The van der Waals surface area contributed by atoms with Gasteiger partial charge in [-0.25, -0.2) is 4.79 Å². The average molecular weight is 410 g/mol. The minimum absolute atomic E-state index is 0.0963. The summed E-state index contributed by atoms with van der Waals surface area (Å²) in [6.07, 6.45) is 1.70. The second-order valence-electron chi connectivity index (χ2n) is 7.17. The Balaban J connectivity index is 1.46. The van der Waals surface area contributed by atoms with Crippen LogP contribution in [0.4, 0.5) is 4.79 Å². The van der Waals surface area contributed by atoms with Gasteiger partial charge in [-0.3, -0.25) is 25.0 Å². The van der Waals surface area contributed by atoms with Crippen molar-refractivity contribution in [3.63, 3.8) is 0 Å². The van der Waals surface area contributed by atoms with E-state index in [2.05, 4.69) is 15.1 Å². The molecule has 1 aromatic carbocycles. The van der Waals surface area contributed by atoms with Gasteiger partial charge in [0.2, 0.25) is 0 Å². The zero-order valence-electron chi connectivity index (χ0n) is 14.6. The van der Waals surface area contributed by atoms with Gasteiger partial charge in [-0.05, 0) is 36.8 Å². The highest BCUT2D eigenvalue weighted by Crippen LogP contribution is 2.59.